The first-order valence-electron chi connectivity index (χ1n) is 6.87. The molecule has 0 aliphatic carbocycles. The van der Waals surface area contributed by atoms with E-state index in [2.05, 4.69) is 0 Å². The van der Waals surface area contributed by atoms with Crippen LogP contribution >= 0.6 is 47.2 Å². The van der Waals surface area contributed by atoms with Crippen LogP contribution in [0.2, 0.25) is 10.0 Å². The zero-order chi connectivity index (χ0) is 17.3. The van der Waals surface area contributed by atoms with Gasteiger partial charge in [0.15, 0.2) is 4.32 Å². The highest BCUT2D eigenvalue weighted by Crippen LogP contribution is 2.38. The number of anilines is 1. The molecule has 1 saturated heterocycles. The van der Waals surface area contributed by atoms with E-state index in [1.807, 2.05) is 18.2 Å². The number of thiocarbonyl (C=S) groups is 1. The molecule has 0 N–H and O–H groups in total. The van der Waals surface area contributed by atoms with E-state index in [9.17, 15) is 4.79 Å². The number of hydrogen-bond donors (Lipinski definition) is 0. The molecule has 3 rings (SSSR count). The van der Waals surface area contributed by atoms with Gasteiger partial charge in [0, 0.05) is 5.02 Å². The Morgan fingerprint density at radius 3 is 2.58 bits per heavy atom. The minimum Gasteiger partial charge on any atom is -0.495 e. The van der Waals surface area contributed by atoms with Gasteiger partial charge in [0.2, 0.25) is 0 Å². The van der Waals surface area contributed by atoms with Crippen LogP contribution in [0.4, 0.5) is 5.69 Å². The number of amides is 1. The summed E-state index contributed by atoms with van der Waals surface area (Å²) in [7, 11) is 1.53. The molecule has 0 atom stereocenters. The molecule has 1 heterocycles. The Bertz CT molecular complexity index is 867. The Morgan fingerprint density at radius 1 is 1.17 bits per heavy atom. The third kappa shape index (κ3) is 3.30. The molecular formula is C17H11Cl2NO2S2. The van der Waals surface area contributed by atoms with Crippen LogP contribution in [0.1, 0.15) is 5.56 Å². The van der Waals surface area contributed by atoms with E-state index in [1.165, 1.54) is 23.8 Å². The van der Waals surface area contributed by atoms with Crippen molar-refractivity contribution >= 4 is 69.2 Å². The molecule has 7 heteroatoms. The number of halogens is 2. The molecule has 0 bridgehead atoms. The van der Waals surface area contributed by atoms with Crippen LogP contribution in [-0.4, -0.2) is 17.3 Å². The van der Waals surface area contributed by atoms with E-state index in [1.54, 1.807) is 30.3 Å². The number of methoxy groups -OCH3 is 1. The molecule has 2 aromatic carbocycles. The van der Waals surface area contributed by atoms with Gasteiger partial charge in [-0.25, -0.2) is 0 Å². The molecule has 0 aromatic heterocycles. The average Bonchev–Trinajstić information content (AvgIpc) is 2.83. The first kappa shape index (κ1) is 17.3. The maximum atomic E-state index is 12.7. The van der Waals surface area contributed by atoms with Gasteiger partial charge >= 0.3 is 0 Å². The second-order valence-electron chi connectivity index (χ2n) is 4.86. The summed E-state index contributed by atoms with van der Waals surface area (Å²) in [6.45, 7) is 0. The molecule has 24 heavy (non-hydrogen) atoms. The van der Waals surface area contributed by atoms with Crippen LogP contribution in [0.25, 0.3) is 6.08 Å². The predicted molar refractivity (Wildman–Crippen MR) is 105 cm³/mol. The number of thioether (sulfide) groups is 1. The molecule has 0 spiro atoms. The number of carbonyl (C=O) groups is 1. The lowest BCUT2D eigenvalue weighted by atomic mass is 10.2. The van der Waals surface area contributed by atoms with E-state index in [0.717, 1.165) is 5.56 Å². The Labute approximate surface area is 159 Å². The third-order valence-electron chi connectivity index (χ3n) is 3.38. The number of nitrogens with zero attached hydrogens (tertiary/aromatic N) is 1. The highest BCUT2D eigenvalue weighted by atomic mass is 35.5. The highest BCUT2D eigenvalue weighted by molar-refractivity contribution is 8.27. The van der Waals surface area contributed by atoms with Gasteiger partial charge in [-0.15, -0.1) is 0 Å². The van der Waals surface area contributed by atoms with Crippen LogP contribution in [0.3, 0.4) is 0 Å². The van der Waals surface area contributed by atoms with Gasteiger partial charge in [-0.1, -0.05) is 65.4 Å². The summed E-state index contributed by atoms with van der Waals surface area (Å²) in [6, 6.07) is 12.4. The van der Waals surface area contributed by atoms with Crippen molar-refractivity contribution in [1.82, 2.24) is 0 Å². The molecular weight excluding hydrogens is 385 g/mol. The summed E-state index contributed by atoms with van der Waals surface area (Å²) in [5.41, 5.74) is 1.37. The summed E-state index contributed by atoms with van der Waals surface area (Å²) in [4.78, 5) is 14.7. The molecule has 1 aliphatic rings. The van der Waals surface area contributed by atoms with E-state index in [0.29, 0.717) is 30.7 Å². The van der Waals surface area contributed by atoms with Crippen molar-refractivity contribution in [3.8, 4) is 5.75 Å². The Hall–Kier alpha value is -1.53. The minimum atomic E-state index is -0.203. The predicted octanol–water partition coefficient (Wildman–Crippen LogP) is 5.41. The summed E-state index contributed by atoms with van der Waals surface area (Å²) < 4.78 is 5.57. The summed E-state index contributed by atoms with van der Waals surface area (Å²) >= 11 is 18.9. The topological polar surface area (TPSA) is 29.5 Å². The van der Waals surface area contributed by atoms with Gasteiger partial charge in [-0.3, -0.25) is 9.69 Å². The lowest BCUT2D eigenvalue weighted by Gasteiger charge is -2.15. The van der Waals surface area contributed by atoms with Crippen molar-refractivity contribution in [1.29, 1.82) is 0 Å². The molecule has 1 amide bonds. The molecule has 2 aromatic rings. The monoisotopic (exact) mass is 395 g/mol. The largest absolute Gasteiger partial charge is 0.495 e. The lowest BCUT2D eigenvalue weighted by Crippen LogP contribution is -2.27. The first-order chi connectivity index (χ1) is 11.5. The zero-order valence-corrected chi connectivity index (χ0v) is 15.6. The number of carbonyl (C=O) groups excluding carboxylic acids is 1. The van der Waals surface area contributed by atoms with E-state index >= 15 is 0 Å². The van der Waals surface area contributed by atoms with E-state index in [4.69, 9.17) is 40.2 Å². The summed E-state index contributed by atoms with van der Waals surface area (Å²) in [5, 5.41) is 0.995. The Kier molecular flexibility index (Phi) is 5.15. The fraction of sp³-hybridized carbons (Fsp3) is 0.0588. The molecule has 1 fully saturated rings. The number of hydrogen-bond acceptors (Lipinski definition) is 4. The standard InChI is InChI=1S/C17H11Cl2NO2S2/c1-22-14-7-6-11(9-13(14)19)20-16(21)15(24-17(20)23)8-10-4-2-3-5-12(10)18/h2-9H,1H3. The number of rotatable bonds is 3. The molecule has 1 aliphatic heterocycles. The van der Waals surface area contributed by atoms with Crippen LogP contribution < -0.4 is 9.64 Å². The van der Waals surface area contributed by atoms with Crippen LogP contribution in [0, 0.1) is 0 Å². The van der Waals surface area contributed by atoms with Crippen molar-refractivity contribution in [3.63, 3.8) is 0 Å². The number of benzene rings is 2. The fourth-order valence-corrected chi connectivity index (χ4v) is 3.95. The van der Waals surface area contributed by atoms with Crippen molar-refractivity contribution in [2.45, 2.75) is 0 Å². The summed E-state index contributed by atoms with van der Waals surface area (Å²) in [5.74, 6) is 0.337. The Morgan fingerprint density at radius 2 is 1.92 bits per heavy atom. The third-order valence-corrected chi connectivity index (χ3v) is 5.32. The van der Waals surface area contributed by atoms with Crippen molar-refractivity contribution < 1.29 is 9.53 Å². The van der Waals surface area contributed by atoms with E-state index in [-0.39, 0.29) is 5.91 Å². The lowest BCUT2D eigenvalue weighted by molar-refractivity contribution is -0.113. The van der Waals surface area contributed by atoms with Crippen LogP contribution in [-0.2, 0) is 4.79 Å². The zero-order valence-electron chi connectivity index (χ0n) is 12.5. The molecule has 122 valence electrons. The Balaban J connectivity index is 1.95. The molecule has 0 saturated carbocycles. The van der Waals surface area contributed by atoms with Crippen molar-refractivity contribution in [2.24, 2.45) is 0 Å². The quantitative estimate of drug-likeness (QED) is 0.513. The van der Waals surface area contributed by atoms with Crippen molar-refractivity contribution in [2.75, 3.05) is 12.0 Å². The summed E-state index contributed by atoms with van der Waals surface area (Å²) in [6.07, 6.45) is 1.74. The van der Waals surface area contributed by atoms with Gasteiger partial charge in [0.1, 0.15) is 5.75 Å². The maximum absolute atomic E-state index is 12.7. The van der Waals surface area contributed by atoms with Gasteiger partial charge in [0.25, 0.3) is 5.91 Å². The van der Waals surface area contributed by atoms with Gasteiger partial charge in [0.05, 0.1) is 22.7 Å². The first-order valence-corrected chi connectivity index (χ1v) is 8.85. The van der Waals surface area contributed by atoms with Gasteiger partial charge in [-0.05, 0) is 35.9 Å². The average molecular weight is 396 g/mol. The van der Waals surface area contributed by atoms with Crippen molar-refractivity contribution in [3.05, 3.63) is 63.0 Å². The van der Waals surface area contributed by atoms with Crippen LogP contribution in [0.15, 0.2) is 47.4 Å². The SMILES string of the molecule is COc1ccc(N2C(=O)C(=Cc3ccccc3Cl)SC2=S)cc1Cl. The second-order valence-corrected chi connectivity index (χ2v) is 7.35. The van der Waals surface area contributed by atoms with Gasteiger partial charge in [-0.2, -0.15) is 0 Å². The molecule has 3 nitrogen and oxygen atoms in total. The molecule has 0 radical (unpaired) electrons. The normalized spacial score (nSPS) is 16.1. The minimum absolute atomic E-state index is 0.203. The van der Waals surface area contributed by atoms with E-state index < -0.39 is 0 Å². The molecule has 0 unspecified atom stereocenters. The second kappa shape index (κ2) is 7.15. The smallest absolute Gasteiger partial charge is 0.270 e. The van der Waals surface area contributed by atoms with Crippen LogP contribution in [0.5, 0.6) is 5.75 Å². The maximum Gasteiger partial charge on any atom is 0.270 e. The number of ether oxygens (including phenoxy) is 1. The highest BCUT2D eigenvalue weighted by Gasteiger charge is 2.33. The van der Waals surface area contributed by atoms with Gasteiger partial charge < -0.3 is 4.74 Å². The fourth-order valence-electron chi connectivity index (χ4n) is 2.22.